The van der Waals surface area contributed by atoms with E-state index in [0.717, 1.165) is 12.2 Å². The number of aldehydes is 1. The molecule has 1 N–H and O–H groups in total. The Bertz CT molecular complexity index is 446. The number of hydrogen-bond acceptors (Lipinski definition) is 4. The third kappa shape index (κ3) is 2.30. The van der Waals surface area contributed by atoms with Gasteiger partial charge in [-0.15, -0.1) is 0 Å². The number of rotatable bonds is 4. The molecule has 0 amide bonds. The van der Waals surface area contributed by atoms with E-state index in [2.05, 4.69) is 0 Å². The standard InChI is InChI=1S/C10H7NO5/c12-6-2-4-7-8(10(13)14)3-1-5-9(7)11(15)16/h1-6H,(H,13,14). The fraction of sp³-hybridized carbons (Fsp3) is 0. The van der Waals surface area contributed by atoms with Crippen molar-refractivity contribution in [1.82, 2.24) is 0 Å². The van der Waals surface area contributed by atoms with Crippen LogP contribution in [0.25, 0.3) is 6.08 Å². The van der Waals surface area contributed by atoms with E-state index in [1.165, 1.54) is 18.2 Å². The molecule has 0 aliphatic heterocycles. The van der Waals surface area contributed by atoms with E-state index >= 15 is 0 Å². The molecule has 0 aliphatic rings. The Labute approximate surface area is 90.0 Å². The van der Waals surface area contributed by atoms with Gasteiger partial charge in [0.1, 0.15) is 6.29 Å². The fourth-order valence-corrected chi connectivity index (χ4v) is 1.21. The Morgan fingerprint density at radius 3 is 2.62 bits per heavy atom. The summed E-state index contributed by atoms with van der Waals surface area (Å²) in [6.45, 7) is 0. The second-order valence-electron chi connectivity index (χ2n) is 2.80. The van der Waals surface area contributed by atoms with E-state index in [1.54, 1.807) is 0 Å². The Kier molecular flexibility index (Phi) is 3.49. The third-order valence-electron chi connectivity index (χ3n) is 1.85. The lowest BCUT2D eigenvalue weighted by Gasteiger charge is -2.01. The predicted molar refractivity (Wildman–Crippen MR) is 55.2 cm³/mol. The van der Waals surface area contributed by atoms with Crippen molar-refractivity contribution in [2.75, 3.05) is 0 Å². The highest BCUT2D eigenvalue weighted by atomic mass is 16.6. The van der Waals surface area contributed by atoms with Crippen LogP contribution in [0.3, 0.4) is 0 Å². The summed E-state index contributed by atoms with van der Waals surface area (Å²) in [5.41, 5.74) is -0.655. The molecule has 0 unspecified atom stereocenters. The predicted octanol–water partition coefficient (Wildman–Crippen LogP) is 1.51. The van der Waals surface area contributed by atoms with Crippen molar-refractivity contribution in [3.8, 4) is 0 Å². The summed E-state index contributed by atoms with van der Waals surface area (Å²) in [7, 11) is 0. The zero-order valence-electron chi connectivity index (χ0n) is 7.99. The monoisotopic (exact) mass is 221 g/mol. The van der Waals surface area contributed by atoms with Crippen LogP contribution in [-0.4, -0.2) is 22.3 Å². The lowest BCUT2D eigenvalue weighted by molar-refractivity contribution is -0.385. The zero-order valence-corrected chi connectivity index (χ0v) is 7.99. The molecule has 0 heterocycles. The summed E-state index contributed by atoms with van der Waals surface area (Å²) < 4.78 is 0. The van der Waals surface area contributed by atoms with Gasteiger partial charge >= 0.3 is 5.97 Å². The van der Waals surface area contributed by atoms with Gasteiger partial charge in [-0.1, -0.05) is 6.07 Å². The number of aromatic carboxylic acids is 1. The molecule has 82 valence electrons. The van der Waals surface area contributed by atoms with Crippen LogP contribution in [0.5, 0.6) is 0 Å². The molecule has 16 heavy (non-hydrogen) atoms. The first kappa shape index (κ1) is 11.6. The van der Waals surface area contributed by atoms with Crippen LogP contribution in [0.15, 0.2) is 24.3 Å². The van der Waals surface area contributed by atoms with Crippen LogP contribution >= 0.6 is 0 Å². The molecule has 0 aliphatic carbocycles. The first-order valence-electron chi connectivity index (χ1n) is 4.20. The van der Waals surface area contributed by atoms with Crippen molar-refractivity contribution < 1.29 is 19.6 Å². The van der Waals surface area contributed by atoms with Gasteiger partial charge in [0.05, 0.1) is 16.1 Å². The summed E-state index contributed by atoms with van der Waals surface area (Å²) in [5, 5.41) is 19.5. The van der Waals surface area contributed by atoms with Crippen molar-refractivity contribution in [3.05, 3.63) is 45.5 Å². The minimum Gasteiger partial charge on any atom is -0.478 e. The maximum absolute atomic E-state index is 10.8. The van der Waals surface area contributed by atoms with Crippen molar-refractivity contribution in [1.29, 1.82) is 0 Å². The van der Waals surface area contributed by atoms with Gasteiger partial charge in [-0.25, -0.2) is 4.79 Å². The highest BCUT2D eigenvalue weighted by molar-refractivity contribution is 5.95. The molecule has 1 rings (SSSR count). The lowest BCUT2D eigenvalue weighted by atomic mass is 10.1. The van der Waals surface area contributed by atoms with Gasteiger partial charge in [0.15, 0.2) is 0 Å². The van der Waals surface area contributed by atoms with Gasteiger partial charge in [0, 0.05) is 6.07 Å². The van der Waals surface area contributed by atoms with Crippen molar-refractivity contribution in [3.63, 3.8) is 0 Å². The molecule has 6 heteroatoms. The van der Waals surface area contributed by atoms with Gasteiger partial charge in [0.25, 0.3) is 5.69 Å². The molecule has 0 fully saturated rings. The van der Waals surface area contributed by atoms with Crippen LogP contribution in [0.2, 0.25) is 0 Å². The molecule has 0 saturated heterocycles. The minimum absolute atomic E-state index is 0.0906. The molecule has 0 atom stereocenters. The Morgan fingerprint density at radius 2 is 2.12 bits per heavy atom. The number of allylic oxidation sites excluding steroid dienone is 1. The van der Waals surface area contributed by atoms with E-state index in [9.17, 15) is 19.7 Å². The Balaban J connectivity index is 3.46. The molecule has 1 aromatic rings. The van der Waals surface area contributed by atoms with Crippen molar-refractivity contribution >= 4 is 24.0 Å². The molecule has 0 bridgehead atoms. The Morgan fingerprint density at radius 1 is 1.44 bits per heavy atom. The van der Waals surface area contributed by atoms with Gasteiger partial charge in [0.2, 0.25) is 0 Å². The average Bonchev–Trinajstić information content (AvgIpc) is 2.25. The van der Waals surface area contributed by atoms with E-state index < -0.39 is 10.9 Å². The van der Waals surface area contributed by atoms with Crippen molar-refractivity contribution in [2.45, 2.75) is 0 Å². The number of carboxylic acid groups (broad SMARTS) is 1. The summed E-state index contributed by atoms with van der Waals surface area (Å²) >= 11 is 0. The summed E-state index contributed by atoms with van der Waals surface area (Å²) in [5.74, 6) is -1.28. The van der Waals surface area contributed by atoms with Crippen LogP contribution in [0.1, 0.15) is 15.9 Å². The highest BCUT2D eigenvalue weighted by Crippen LogP contribution is 2.23. The quantitative estimate of drug-likeness (QED) is 0.359. The second kappa shape index (κ2) is 4.83. The summed E-state index contributed by atoms with van der Waals surface area (Å²) in [6, 6.07) is 3.69. The van der Waals surface area contributed by atoms with Gasteiger partial charge < -0.3 is 5.11 Å². The largest absolute Gasteiger partial charge is 0.478 e. The van der Waals surface area contributed by atoms with Crippen molar-refractivity contribution in [2.24, 2.45) is 0 Å². The first-order valence-corrected chi connectivity index (χ1v) is 4.20. The normalized spacial score (nSPS) is 10.2. The first-order chi connectivity index (χ1) is 7.57. The number of carboxylic acids is 1. The second-order valence-corrected chi connectivity index (χ2v) is 2.80. The minimum atomic E-state index is -1.28. The molecule has 0 spiro atoms. The number of benzene rings is 1. The van der Waals surface area contributed by atoms with Gasteiger partial charge in [-0.3, -0.25) is 14.9 Å². The third-order valence-corrected chi connectivity index (χ3v) is 1.85. The van der Waals surface area contributed by atoms with Crippen LogP contribution in [0, 0.1) is 10.1 Å². The number of nitro groups is 1. The molecular formula is C10H7NO5. The summed E-state index contributed by atoms with van der Waals surface area (Å²) in [6.07, 6.45) is 2.53. The van der Waals surface area contributed by atoms with Crippen LogP contribution < -0.4 is 0 Å². The summed E-state index contributed by atoms with van der Waals surface area (Å²) in [4.78, 5) is 30.9. The van der Waals surface area contributed by atoms with Gasteiger partial charge in [-0.05, 0) is 18.2 Å². The topological polar surface area (TPSA) is 97.5 Å². The lowest BCUT2D eigenvalue weighted by Crippen LogP contribution is -2.02. The molecule has 0 aromatic heterocycles. The SMILES string of the molecule is O=CC=Cc1c(C(=O)O)cccc1[N+](=O)[O-]. The number of hydrogen-bond donors (Lipinski definition) is 1. The van der Waals surface area contributed by atoms with E-state index in [-0.39, 0.29) is 16.8 Å². The molecule has 0 radical (unpaired) electrons. The molecule has 6 nitrogen and oxygen atoms in total. The number of nitro benzene ring substituents is 1. The van der Waals surface area contributed by atoms with Gasteiger partial charge in [-0.2, -0.15) is 0 Å². The smallest absolute Gasteiger partial charge is 0.336 e. The maximum atomic E-state index is 10.8. The number of carbonyl (C=O) groups excluding carboxylic acids is 1. The molecule has 0 saturated carbocycles. The highest BCUT2D eigenvalue weighted by Gasteiger charge is 2.18. The van der Waals surface area contributed by atoms with Crippen LogP contribution in [0.4, 0.5) is 5.69 Å². The molecule has 1 aromatic carbocycles. The molecular weight excluding hydrogens is 214 g/mol. The number of nitrogens with zero attached hydrogens (tertiary/aromatic N) is 1. The maximum Gasteiger partial charge on any atom is 0.336 e. The Hall–Kier alpha value is -2.50. The number of carbonyl (C=O) groups is 2. The fourth-order valence-electron chi connectivity index (χ4n) is 1.21. The zero-order chi connectivity index (χ0) is 12.1. The van der Waals surface area contributed by atoms with E-state index in [1.807, 2.05) is 0 Å². The van der Waals surface area contributed by atoms with Crippen LogP contribution in [-0.2, 0) is 4.79 Å². The van der Waals surface area contributed by atoms with E-state index in [0.29, 0.717) is 6.29 Å². The average molecular weight is 221 g/mol. The van der Waals surface area contributed by atoms with E-state index in [4.69, 9.17) is 5.11 Å².